The van der Waals surface area contributed by atoms with E-state index in [4.69, 9.17) is 4.42 Å². The Morgan fingerprint density at radius 3 is 2.60 bits per heavy atom. The van der Waals surface area contributed by atoms with Crippen molar-refractivity contribution in [3.8, 4) is 0 Å². The molecule has 0 radical (unpaired) electrons. The molecule has 0 spiro atoms. The number of furan rings is 1. The number of halogens is 1. The van der Waals surface area contributed by atoms with E-state index < -0.39 is 11.6 Å². The molecular formula is C19H15BrN2O3. The molecule has 1 N–H and O–H groups in total. The second-order valence-corrected chi connectivity index (χ2v) is 7.04. The Morgan fingerprint density at radius 1 is 1.12 bits per heavy atom. The maximum atomic E-state index is 13.0. The van der Waals surface area contributed by atoms with Gasteiger partial charge in [-0.2, -0.15) is 0 Å². The SMILES string of the molecule is CC1(c2cc3ccccc3o2)NC(=O)N(Cc2ccccc2Br)C1=O. The average Bonchev–Trinajstić information content (AvgIpc) is 3.13. The van der Waals surface area contributed by atoms with Crippen molar-refractivity contribution in [2.75, 3.05) is 0 Å². The third-order valence-electron chi connectivity index (χ3n) is 4.48. The van der Waals surface area contributed by atoms with Gasteiger partial charge < -0.3 is 9.73 Å². The van der Waals surface area contributed by atoms with Gasteiger partial charge in [-0.15, -0.1) is 0 Å². The van der Waals surface area contributed by atoms with Crippen molar-refractivity contribution in [1.29, 1.82) is 0 Å². The first kappa shape index (κ1) is 15.9. The van der Waals surface area contributed by atoms with Crippen molar-refractivity contribution in [2.45, 2.75) is 19.0 Å². The van der Waals surface area contributed by atoms with Crippen molar-refractivity contribution in [3.63, 3.8) is 0 Å². The minimum absolute atomic E-state index is 0.196. The maximum Gasteiger partial charge on any atom is 0.325 e. The zero-order valence-corrected chi connectivity index (χ0v) is 15.0. The molecule has 0 bridgehead atoms. The van der Waals surface area contributed by atoms with Crippen molar-refractivity contribution in [2.24, 2.45) is 0 Å². The molecule has 1 fully saturated rings. The Hall–Kier alpha value is -2.60. The minimum Gasteiger partial charge on any atom is -0.458 e. The van der Waals surface area contributed by atoms with E-state index in [-0.39, 0.29) is 12.5 Å². The summed E-state index contributed by atoms with van der Waals surface area (Å²) < 4.78 is 6.68. The van der Waals surface area contributed by atoms with E-state index in [0.29, 0.717) is 11.3 Å². The highest BCUT2D eigenvalue weighted by Gasteiger charge is 2.51. The van der Waals surface area contributed by atoms with E-state index in [9.17, 15) is 9.59 Å². The van der Waals surface area contributed by atoms with E-state index in [1.165, 1.54) is 4.90 Å². The zero-order valence-electron chi connectivity index (χ0n) is 13.5. The van der Waals surface area contributed by atoms with Crippen molar-refractivity contribution >= 4 is 38.8 Å². The molecule has 3 amide bonds. The van der Waals surface area contributed by atoms with Crippen molar-refractivity contribution in [1.82, 2.24) is 10.2 Å². The maximum absolute atomic E-state index is 13.0. The van der Waals surface area contributed by atoms with Crippen molar-refractivity contribution in [3.05, 3.63) is 70.4 Å². The lowest BCUT2D eigenvalue weighted by atomic mass is 9.98. The molecule has 1 aliphatic heterocycles. The molecule has 1 unspecified atom stereocenters. The van der Waals surface area contributed by atoms with E-state index in [2.05, 4.69) is 21.2 Å². The van der Waals surface area contributed by atoms with Gasteiger partial charge in [0, 0.05) is 9.86 Å². The molecule has 3 aromatic rings. The van der Waals surface area contributed by atoms with Gasteiger partial charge in [0.1, 0.15) is 11.3 Å². The Bertz CT molecular complexity index is 964. The van der Waals surface area contributed by atoms with Crippen LogP contribution in [0.2, 0.25) is 0 Å². The van der Waals surface area contributed by atoms with Gasteiger partial charge in [0.25, 0.3) is 5.91 Å². The van der Waals surface area contributed by atoms with Crippen LogP contribution in [-0.2, 0) is 16.9 Å². The second kappa shape index (κ2) is 5.74. The highest BCUT2D eigenvalue weighted by atomic mass is 79.9. The first-order valence-corrected chi connectivity index (χ1v) is 8.65. The number of rotatable bonds is 3. The minimum atomic E-state index is -1.21. The first-order chi connectivity index (χ1) is 12.0. The summed E-state index contributed by atoms with van der Waals surface area (Å²) in [6.45, 7) is 1.87. The Kier molecular flexibility index (Phi) is 3.65. The third kappa shape index (κ3) is 2.53. The average molecular weight is 399 g/mol. The van der Waals surface area contributed by atoms with Crippen LogP contribution >= 0.6 is 15.9 Å². The number of hydrogen-bond acceptors (Lipinski definition) is 3. The summed E-state index contributed by atoms with van der Waals surface area (Å²) in [7, 11) is 0. The normalized spacial score (nSPS) is 20.3. The summed E-state index contributed by atoms with van der Waals surface area (Å²) in [6, 6.07) is 16.4. The Morgan fingerprint density at radius 2 is 1.84 bits per heavy atom. The number of amides is 3. The monoisotopic (exact) mass is 398 g/mol. The van der Waals surface area contributed by atoms with Crippen molar-refractivity contribution < 1.29 is 14.0 Å². The predicted molar refractivity (Wildman–Crippen MR) is 96.8 cm³/mol. The number of benzene rings is 2. The number of nitrogens with zero attached hydrogens (tertiary/aromatic N) is 1. The lowest BCUT2D eigenvalue weighted by Crippen LogP contribution is -2.40. The number of imide groups is 1. The van der Waals surface area contributed by atoms with Gasteiger partial charge in [0.15, 0.2) is 5.54 Å². The molecule has 2 aromatic carbocycles. The number of fused-ring (bicyclic) bond motifs is 1. The molecule has 126 valence electrons. The van der Waals surface area contributed by atoms with E-state index in [1.54, 1.807) is 13.0 Å². The molecule has 6 heteroatoms. The summed E-state index contributed by atoms with van der Waals surface area (Å²) in [5.41, 5.74) is 0.335. The standard InChI is InChI=1S/C19H15BrN2O3/c1-19(16-10-12-6-3-5-9-15(12)25-16)17(23)22(18(24)21-19)11-13-7-2-4-8-14(13)20/h2-10H,11H2,1H3,(H,21,24). The molecule has 1 aliphatic rings. The smallest absolute Gasteiger partial charge is 0.325 e. The fourth-order valence-corrected chi connectivity index (χ4v) is 3.44. The van der Waals surface area contributed by atoms with E-state index in [1.807, 2.05) is 48.5 Å². The van der Waals surface area contributed by atoms with Crippen LogP contribution in [0.4, 0.5) is 4.79 Å². The van der Waals surface area contributed by atoms with Crippen LogP contribution in [0.15, 0.2) is 63.5 Å². The lowest BCUT2D eigenvalue weighted by Gasteiger charge is -2.19. The number of hydrogen-bond donors (Lipinski definition) is 1. The van der Waals surface area contributed by atoms with Gasteiger partial charge in [0.05, 0.1) is 6.54 Å². The van der Waals surface area contributed by atoms with Crippen LogP contribution in [0.25, 0.3) is 11.0 Å². The number of carbonyl (C=O) groups excluding carboxylic acids is 2. The Balaban J connectivity index is 1.69. The van der Waals surface area contributed by atoms with E-state index >= 15 is 0 Å². The van der Waals surface area contributed by atoms with Gasteiger partial charge in [-0.05, 0) is 30.7 Å². The van der Waals surface area contributed by atoms with Gasteiger partial charge in [-0.3, -0.25) is 9.69 Å². The summed E-state index contributed by atoms with van der Waals surface area (Å²) in [6.07, 6.45) is 0. The molecule has 4 rings (SSSR count). The highest BCUT2D eigenvalue weighted by Crippen LogP contribution is 2.34. The zero-order chi connectivity index (χ0) is 17.6. The van der Waals surface area contributed by atoms with Gasteiger partial charge in [-0.1, -0.05) is 52.3 Å². The topological polar surface area (TPSA) is 62.6 Å². The van der Waals surface area contributed by atoms with E-state index in [0.717, 1.165) is 15.4 Å². The first-order valence-electron chi connectivity index (χ1n) is 7.85. The third-order valence-corrected chi connectivity index (χ3v) is 5.25. The van der Waals surface area contributed by atoms with Crippen LogP contribution in [0, 0.1) is 0 Å². The molecule has 1 saturated heterocycles. The van der Waals surface area contributed by atoms with Crippen LogP contribution < -0.4 is 5.32 Å². The number of nitrogens with one attached hydrogen (secondary N) is 1. The lowest BCUT2D eigenvalue weighted by molar-refractivity contribution is -0.132. The van der Waals surface area contributed by atoms with Crippen LogP contribution in [-0.4, -0.2) is 16.8 Å². The van der Waals surface area contributed by atoms with Gasteiger partial charge >= 0.3 is 6.03 Å². The van der Waals surface area contributed by atoms with Gasteiger partial charge in [-0.25, -0.2) is 4.79 Å². The molecule has 0 saturated carbocycles. The molecule has 0 aliphatic carbocycles. The van der Waals surface area contributed by atoms with Gasteiger partial charge in [0.2, 0.25) is 0 Å². The number of carbonyl (C=O) groups is 2. The fraction of sp³-hybridized carbons (Fsp3) is 0.158. The molecule has 5 nitrogen and oxygen atoms in total. The van der Waals surface area contributed by atoms with Crippen LogP contribution in [0.5, 0.6) is 0 Å². The van der Waals surface area contributed by atoms with Crippen LogP contribution in [0.1, 0.15) is 18.2 Å². The van der Waals surface area contributed by atoms with Crippen LogP contribution in [0.3, 0.4) is 0 Å². The highest BCUT2D eigenvalue weighted by molar-refractivity contribution is 9.10. The fourth-order valence-electron chi connectivity index (χ4n) is 3.03. The quantitative estimate of drug-likeness (QED) is 0.673. The summed E-state index contributed by atoms with van der Waals surface area (Å²) in [4.78, 5) is 26.7. The Labute approximate surface area is 152 Å². The predicted octanol–water partition coefficient (Wildman–Crippen LogP) is 4.16. The number of para-hydroxylation sites is 1. The summed E-state index contributed by atoms with van der Waals surface area (Å²) in [5.74, 6) is 0.106. The molecular weight excluding hydrogens is 384 g/mol. The summed E-state index contributed by atoms with van der Waals surface area (Å²) >= 11 is 3.45. The molecule has 25 heavy (non-hydrogen) atoms. The summed E-state index contributed by atoms with van der Waals surface area (Å²) in [5, 5.41) is 3.67. The number of urea groups is 1. The molecule has 2 heterocycles. The molecule has 1 atom stereocenters. The molecule has 1 aromatic heterocycles. The largest absolute Gasteiger partial charge is 0.458 e. The second-order valence-electron chi connectivity index (χ2n) is 6.19.